The van der Waals surface area contributed by atoms with Crippen molar-refractivity contribution < 1.29 is 9.53 Å². The maximum absolute atomic E-state index is 10.1. The molecule has 0 aliphatic heterocycles. The van der Waals surface area contributed by atoms with Crippen LogP contribution in [0.5, 0.6) is 0 Å². The Morgan fingerprint density at radius 2 is 2.50 bits per heavy atom. The summed E-state index contributed by atoms with van der Waals surface area (Å²) in [4.78, 5) is 14.0. The molecule has 78 valence electrons. The minimum atomic E-state index is 0.129. The highest BCUT2D eigenvalue weighted by atomic mass is 16.5. The van der Waals surface area contributed by atoms with Gasteiger partial charge in [0.2, 0.25) is 0 Å². The molecule has 0 bridgehead atoms. The van der Waals surface area contributed by atoms with Crippen molar-refractivity contribution in [2.75, 3.05) is 6.54 Å². The predicted molar refractivity (Wildman–Crippen MR) is 53.2 cm³/mol. The lowest BCUT2D eigenvalue weighted by Crippen LogP contribution is -2.24. The molecular weight excluding hydrogens is 182 g/mol. The molecule has 0 saturated carbocycles. The van der Waals surface area contributed by atoms with E-state index in [0.29, 0.717) is 18.9 Å². The first-order valence-corrected chi connectivity index (χ1v) is 4.57. The van der Waals surface area contributed by atoms with Crippen molar-refractivity contribution in [1.82, 2.24) is 0 Å². The Bertz CT molecular complexity index is 257. The lowest BCUT2D eigenvalue weighted by atomic mass is 9.93. The fourth-order valence-corrected chi connectivity index (χ4v) is 1.43. The van der Waals surface area contributed by atoms with Gasteiger partial charge in [0.25, 0.3) is 6.47 Å². The minimum absolute atomic E-state index is 0.129. The molecule has 14 heavy (non-hydrogen) atoms. The first kappa shape index (κ1) is 10.6. The topological polar surface area (TPSA) is 90.7 Å². The molecule has 0 radical (unpaired) electrons. The van der Waals surface area contributed by atoms with Crippen molar-refractivity contribution in [3.63, 3.8) is 0 Å². The van der Waals surface area contributed by atoms with Crippen LogP contribution >= 0.6 is 0 Å². The molecule has 0 aromatic rings. The number of hydrogen-bond acceptors (Lipinski definition) is 3. The zero-order chi connectivity index (χ0) is 10.4. The van der Waals surface area contributed by atoms with E-state index in [1.54, 1.807) is 0 Å². The third-order valence-electron chi connectivity index (χ3n) is 2.21. The number of nitrogens with two attached hydrogens (primary N) is 2. The van der Waals surface area contributed by atoms with Crippen LogP contribution in [0.3, 0.4) is 0 Å². The molecule has 5 heteroatoms. The summed E-state index contributed by atoms with van der Waals surface area (Å²) in [6.07, 6.45) is 4.52. The number of ether oxygens (including phenoxy) is 1. The molecule has 0 amide bonds. The summed E-state index contributed by atoms with van der Waals surface area (Å²) in [6, 6.07) is 0. The minimum Gasteiger partial charge on any atom is -0.434 e. The van der Waals surface area contributed by atoms with Crippen LogP contribution in [0.1, 0.15) is 19.3 Å². The monoisotopic (exact) mass is 197 g/mol. The summed E-state index contributed by atoms with van der Waals surface area (Å²) in [6.45, 7) is 1.11. The van der Waals surface area contributed by atoms with Crippen LogP contribution in [0.15, 0.2) is 16.8 Å². The lowest BCUT2D eigenvalue weighted by molar-refractivity contribution is -0.125. The SMILES string of the molecule is NC(N)=NCC1CC=C(OC=O)CC1. The molecule has 0 fully saturated rings. The van der Waals surface area contributed by atoms with Crippen LogP contribution in [0.25, 0.3) is 0 Å². The summed E-state index contributed by atoms with van der Waals surface area (Å²) in [5.41, 5.74) is 10.5. The highest BCUT2D eigenvalue weighted by molar-refractivity contribution is 5.75. The maximum Gasteiger partial charge on any atom is 0.298 e. The van der Waals surface area contributed by atoms with Gasteiger partial charge in [-0.05, 0) is 24.8 Å². The van der Waals surface area contributed by atoms with E-state index in [1.165, 1.54) is 0 Å². The first-order valence-electron chi connectivity index (χ1n) is 4.57. The number of nitrogens with zero attached hydrogens (tertiary/aromatic N) is 1. The largest absolute Gasteiger partial charge is 0.434 e. The third-order valence-corrected chi connectivity index (χ3v) is 2.21. The van der Waals surface area contributed by atoms with E-state index in [4.69, 9.17) is 16.2 Å². The Balaban J connectivity index is 2.35. The van der Waals surface area contributed by atoms with Crippen LogP contribution in [-0.2, 0) is 9.53 Å². The van der Waals surface area contributed by atoms with Gasteiger partial charge in [-0.1, -0.05) is 0 Å². The fourth-order valence-electron chi connectivity index (χ4n) is 1.43. The Kier molecular flexibility index (Phi) is 3.97. The van der Waals surface area contributed by atoms with Gasteiger partial charge in [0.05, 0.1) is 0 Å². The fraction of sp³-hybridized carbons (Fsp3) is 0.556. The van der Waals surface area contributed by atoms with Gasteiger partial charge in [-0.15, -0.1) is 0 Å². The molecule has 1 atom stereocenters. The van der Waals surface area contributed by atoms with Crippen molar-refractivity contribution in [2.24, 2.45) is 22.4 Å². The van der Waals surface area contributed by atoms with Gasteiger partial charge in [-0.3, -0.25) is 9.79 Å². The predicted octanol–water partition coefficient (Wildman–Crippen LogP) is 0.117. The zero-order valence-corrected chi connectivity index (χ0v) is 7.98. The van der Waals surface area contributed by atoms with Gasteiger partial charge < -0.3 is 16.2 Å². The smallest absolute Gasteiger partial charge is 0.298 e. The quantitative estimate of drug-likeness (QED) is 0.380. The number of carbonyl (C=O) groups excluding carboxylic acids is 1. The highest BCUT2D eigenvalue weighted by Gasteiger charge is 2.14. The van der Waals surface area contributed by atoms with E-state index in [0.717, 1.165) is 25.0 Å². The van der Waals surface area contributed by atoms with Gasteiger partial charge in [0.15, 0.2) is 5.96 Å². The Morgan fingerprint density at radius 3 is 3.00 bits per heavy atom. The molecule has 0 saturated heterocycles. The van der Waals surface area contributed by atoms with E-state index in [-0.39, 0.29) is 5.96 Å². The van der Waals surface area contributed by atoms with Crippen LogP contribution in [0, 0.1) is 5.92 Å². The molecule has 0 aromatic carbocycles. The van der Waals surface area contributed by atoms with Crippen LogP contribution in [0.2, 0.25) is 0 Å². The molecule has 1 rings (SSSR count). The molecule has 4 N–H and O–H groups in total. The average Bonchev–Trinajstić information content (AvgIpc) is 2.17. The van der Waals surface area contributed by atoms with Gasteiger partial charge in [0, 0.05) is 13.0 Å². The molecular formula is C9H15N3O2. The Hall–Kier alpha value is -1.52. The Morgan fingerprint density at radius 1 is 1.71 bits per heavy atom. The van der Waals surface area contributed by atoms with E-state index >= 15 is 0 Å². The van der Waals surface area contributed by atoms with Gasteiger partial charge >= 0.3 is 0 Å². The van der Waals surface area contributed by atoms with E-state index in [1.807, 2.05) is 6.08 Å². The summed E-state index contributed by atoms with van der Waals surface area (Å²) < 4.78 is 4.75. The number of aliphatic imine (C=N–C) groups is 1. The van der Waals surface area contributed by atoms with E-state index in [9.17, 15) is 4.79 Å². The number of hydrogen-bond donors (Lipinski definition) is 2. The first-order chi connectivity index (χ1) is 6.72. The van der Waals surface area contributed by atoms with E-state index < -0.39 is 0 Å². The van der Waals surface area contributed by atoms with Crippen molar-refractivity contribution in [3.05, 3.63) is 11.8 Å². The molecule has 0 heterocycles. The molecule has 1 aliphatic rings. The maximum atomic E-state index is 10.1. The summed E-state index contributed by atoms with van der Waals surface area (Å²) in [7, 11) is 0. The summed E-state index contributed by atoms with van der Waals surface area (Å²) >= 11 is 0. The van der Waals surface area contributed by atoms with Crippen LogP contribution in [-0.4, -0.2) is 19.0 Å². The van der Waals surface area contributed by atoms with Crippen LogP contribution < -0.4 is 11.5 Å². The molecule has 0 spiro atoms. The second-order valence-corrected chi connectivity index (χ2v) is 3.29. The van der Waals surface area contributed by atoms with Crippen molar-refractivity contribution in [1.29, 1.82) is 0 Å². The highest BCUT2D eigenvalue weighted by Crippen LogP contribution is 2.23. The van der Waals surface area contributed by atoms with Gasteiger partial charge in [0.1, 0.15) is 5.76 Å². The number of guanidine groups is 1. The number of allylic oxidation sites excluding steroid dienone is 2. The molecule has 1 aliphatic carbocycles. The lowest BCUT2D eigenvalue weighted by Gasteiger charge is -2.18. The second-order valence-electron chi connectivity index (χ2n) is 3.29. The summed E-state index contributed by atoms with van der Waals surface area (Å²) in [5, 5.41) is 0. The van der Waals surface area contributed by atoms with Crippen molar-refractivity contribution in [2.45, 2.75) is 19.3 Å². The zero-order valence-electron chi connectivity index (χ0n) is 7.98. The summed E-state index contributed by atoms with van der Waals surface area (Å²) in [5.74, 6) is 1.33. The number of carbonyl (C=O) groups is 1. The normalized spacial score (nSPS) is 20.9. The van der Waals surface area contributed by atoms with Crippen LogP contribution in [0.4, 0.5) is 0 Å². The van der Waals surface area contributed by atoms with Gasteiger partial charge in [-0.2, -0.15) is 0 Å². The third kappa shape index (κ3) is 3.47. The molecule has 1 unspecified atom stereocenters. The van der Waals surface area contributed by atoms with E-state index in [2.05, 4.69) is 4.99 Å². The number of rotatable bonds is 4. The van der Waals surface area contributed by atoms with Crippen molar-refractivity contribution in [3.8, 4) is 0 Å². The van der Waals surface area contributed by atoms with Gasteiger partial charge in [-0.25, -0.2) is 0 Å². The Labute approximate surface area is 82.8 Å². The standard InChI is InChI=1S/C9H15N3O2/c10-9(11)12-5-7-1-3-8(4-2-7)14-6-13/h3,6-7H,1-2,4-5H2,(H4,10,11,12). The molecule has 5 nitrogen and oxygen atoms in total. The van der Waals surface area contributed by atoms with Crippen molar-refractivity contribution >= 4 is 12.4 Å². The molecule has 0 aromatic heterocycles. The second kappa shape index (κ2) is 5.26. The average molecular weight is 197 g/mol.